The minimum Gasteiger partial charge on any atom is -0.494 e. The molecule has 8 aromatic rings. The van der Waals surface area contributed by atoms with Crippen molar-refractivity contribution in [2.75, 3.05) is 13.2 Å². The van der Waals surface area contributed by atoms with Gasteiger partial charge in [0.2, 0.25) is 0 Å². The lowest BCUT2D eigenvalue weighted by Crippen LogP contribution is -2.26. The van der Waals surface area contributed by atoms with Crippen molar-refractivity contribution < 1.29 is 14.3 Å². The van der Waals surface area contributed by atoms with Crippen molar-refractivity contribution in [3.8, 4) is 80.2 Å². The highest BCUT2D eigenvalue weighted by atomic mass is 32.1. The zero-order chi connectivity index (χ0) is 60.6. The summed E-state index contributed by atoms with van der Waals surface area (Å²) in [6.07, 6.45) is 31.5. The van der Waals surface area contributed by atoms with Gasteiger partial charge in [0.15, 0.2) is 0 Å². The molecule has 87 heavy (non-hydrogen) atoms. The number of carbonyl (C=O) groups excluding carboxylic acids is 1. The molecule has 10 rings (SSSR count). The van der Waals surface area contributed by atoms with E-state index in [9.17, 15) is 4.79 Å². The van der Waals surface area contributed by atoms with Gasteiger partial charge < -0.3 is 9.47 Å². The Bertz CT molecular complexity index is 3510. The van der Waals surface area contributed by atoms with Crippen molar-refractivity contribution in [2.45, 2.75) is 219 Å². The monoisotopic (exact) mass is 1210 g/mol. The minimum absolute atomic E-state index is 0.0221. The van der Waals surface area contributed by atoms with Crippen LogP contribution in [0, 0.1) is 6.92 Å². The number of aryl methyl sites for hydroxylation is 1. The van der Waals surface area contributed by atoms with E-state index in [0.717, 1.165) is 31.6 Å². The summed E-state index contributed by atoms with van der Waals surface area (Å²) < 4.78 is 11.4. The van der Waals surface area contributed by atoms with Crippen molar-refractivity contribution >= 4 is 40.0 Å². The van der Waals surface area contributed by atoms with Gasteiger partial charge in [-0.3, -0.25) is 0 Å². The fraction of sp³-hybridized carbons (Fsp3) is 0.444. The van der Waals surface area contributed by atoms with E-state index < -0.39 is 0 Å². The van der Waals surface area contributed by atoms with Gasteiger partial charge in [0.1, 0.15) is 5.75 Å². The van der Waals surface area contributed by atoms with Crippen LogP contribution < -0.4 is 4.74 Å². The predicted molar refractivity (Wildman–Crippen MR) is 378 cm³/mol. The van der Waals surface area contributed by atoms with Gasteiger partial charge in [-0.2, -0.15) is 0 Å². The van der Waals surface area contributed by atoms with E-state index in [4.69, 9.17) is 9.47 Å². The molecule has 0 radical (unpaired) electrons. The first-order valence-electron chi connectivity index (χ1n) is 34.0. The topological polar surface area (TPSA) is 35.5 Å². The fourth-order valence-electron chi connectivity index (χ4n) is 14.3. The molecule has 2 aliphatic carbocycles. The normalized spacial score (nSPS) is 13.4. The van der Waals surface area contributed by atoms with E-state index in [-0.39, 0.29) is 16.8 Å². The highest BCUT2D eigenvalue weighted by Crippen LogP contribution is 2.59. The smallest absolute Gasteiger partial charge is 0.333 e. The summed E-state index contributed by atoms with van der Waals surface area (Å²) in [5.74, 6) is 0.664. The van der Waals surface area contributed by atoms with Crippen LogP contribution in [0.2, 0.25) is 0 Å². The Morgan fingerprint density at radius 1 is 0.379 bits per heavy atom. The summed E-state index contributed by atoms with van der Waals surface area (Å²) in [4.78, 5) is 19.7. The maximum Gasteiger partial charge on any atom is 0.333 e. The lowest BCUT2D eigenvalue weighted by molar-refractivity contribution is -0.139. The summed E-state index contributed by atoms with van der Waals surface area (Å²) in [7, 11) is 0. The number of fused-ring (bicyclic) bond motifs is 6. The average Bonchev–Trinajstić information content (AvgIpc) is 1.63. The van der Waals surface area contributed by atoms with Crippen LogP contribution >= 0.6 is 34.0 Å². The van der Waals surface area contributed by atoms with Crippen LogP contribution in [0.25, 0.3) is 74.5 Å². The number of carbonyl (C=O) groups is 1. The van der Waals surface area contributed by atoms with Crippen LogP contribution in [0.1, 0.15) is 229 Å². The number of ether oxygens (including phenoxy) is 2. The van der Waals surface area contributed by atoms with Crippen molar-refractivity contribution in [1.29, 1.82) is 0 Å². The zero-order valence-corrected chi connectivity index (χ0v) is 56.1. The summed E-state index contributed by atoms with van der Waals surface area (Å²) in [5.41, 5.74) is 19.1. The molecule has 6 heteroatoms. The van der Waals surface area contributed by atoms with Crippen molar-refractivity contribution in [1.82, 2.24) is 0 Å². The van der Waals surface area contributed by atoms with Gasteiger partial charge in [-0.15, -0.1) is 34.0 Å². The van der Waals surface area contributed by atoms with E-state index >= 15 is 0 Å². The molecule has 2 aliphatic rings. The van der Waals surface area contributed by atoms with Gasteiger partial charge in [-0.1, -0.05) is 211 Å². The van der Waals surface area contributed by atoms with Crippen LogP contribution in [0.4, 0.5) is 0 Å². The molecule has 0 bridgehead atoms. The van der Waals surface area contributed by atoms with Crippen molar-refractivity contribution in [2.24, 2.45) is 0 Å². The predicted octanol–water partition coefficient (Wildman–Crippen LogP) is 25.8. The van der Waals surface area contributed by atoms with Crippen LogP contribution in [-0.4, -0.2) is 19.2 Å². The van der Waals surface area contributed by atoms with E-state index in [0.29, 0.717) is 12.2 Å². The quantitative estimate of drug-likeness (QED) is 0.0223. The van der Waals surface area contributed by atoms with Crippen molar-refractivity contribution in [3.63, 3.8) is 0 Å². The Morgan fingerprint density at radius 2 is 0.724 bits per heavy atom. The Morgan fingerprint density at radius 3 is 1.17 bits per heavy atom. The molecule has 3 heterocycles. The van der Waals surface area contributed by atoms with E-state index in [1.165, 1.54) is 227 Å². The fourth-order valence-corrected chi connectivity index (χ4v) is 17.3. The minimum atomic E-state index is -0.280. The second-order valence-corrected chi connectivity index (χ2v) is 29.1. The Kier molecular flexibility index (Phi) is 23.0. The lowest BCUT2D eigenvalue weighted by Gasteiger charge is -2.34. The van der Waals surface area contributed by atoms with Gasteiger partial charge >= 0.3 is 5.97 Å². The third-order valence-electron chi connectivity index (χ3n) is 19.2. The summed E-state index contributed by atoms with van der Waals surface area (Å²) in [5, 5.41) is 0. The number of hydrogen-bond acceptors (Lipinski definition) is 6. The molecule has 0 saturated heterocycles. The van der Waals surface area contributed by atoms with E-state index in [2.05, 4.69) is 175 Å². The highest BCUT2D eigenvalue weighted by molar-refractivity contribution is 7.23. The molecule has 0 amide bonds. The molecule has 0 unspecified atom stereocenters. The number of unbranched alkanes of at least 4 members (excludes halogenated alkanes) is 17. The largest absolute Gasteiger partial charge is 0.494 e. The second kappa shape index (κ2) is 31.1. The SMILES string of the molecule is C=C(C)C(=O)OCCCCCCCCCCOc1ccc(-c2ccc(-c3ccc4c(c3)C(CCCCC)(CCCCC)c3cc(-c5ccc6c(c5)C(CCCCCC)(CCCCCC)c5cc(-c7ccc(-c8ccc(C)s8)s7)ccc5-6)ccc3-4)s2)cc1. The first kappa shape index (κ1) is 64.2. The number of benzene rings is 5. The maximum absolute atomic E-state index is 11.6. The number of hydrogen-bond donors (Lipinski definition) is 0. The molecule has 3 aromatic heterocycles. The second-order valence-electron chi connectivity index (χ2n) is 25.6. The summed E-state index contributed by atoms with van der Waals surface area (Å²) in [6, 6.07) is 53.2. The van der Waals surface area contributed by atoms with Crippen LogP contribution in [0.3, 0.4) is 0 Å². The number of esters is 1. The molecule has 0 spiro atoms. The summed E-state index contributed by atoms with van der Waals surface area (Å²) >= 11 is 5.77. The summed E-state index contributed by atoms with van der Waals surface area (Å²) in [6.45, 7) is 18.2. The average molecular weight is 1220 g/mol. The lowest BCUT2D eigenvalue weighted by atomic mass is 9.69. The molecule has 3 nitrogen and oxygen atoms in total. The Balaban J connectivity index is 0.897. The van der Waals surface area contributed by atoms with E-state index in [1.54, 1.807) is 29.2 Å². The standard InChI is InChI=1S/C81H98O3S3/c1-8-12-16-26-50-81(51-27-17-13-9-2)71-55-62(34-40-67(71)69-42-36-64(57-73(69)81)76-46-47-78(87-76)77-43-30-59(7)85-77)61-33-39-66-68-41-35-63(56-72(68)80(70(66)54-61,48-24-14-10-3)49-25-15-11-4)75-45-44-74(86-75)60-31-37-65(38-32-60)83-52-28-22-20-18-19-21-23-29-53-84-79(82)58(5)6/h30-47,54-57H,5,8-29,48-53H2,1-4,6-7H3. The zero-order valence-electron chi connectivity index (χ0n) is 53.7. The van der Waals surface area contributed by atoms with Gasteiger partial charge in [0.25, 0.3) is 0 Å². The molecular weight excluding hydrogens is 1120 g/mol. The van der Waals surface area contributed by atoms with Crippen LogP contribution in [0.15, 0.2) is 146 Å². The van der Waals surface area contributed by atoms with E-state index in [1.807, 2.05) is 34.0 Å². The molecule has 0 saturated carbocycles. The molecule has 5 aromatic carbocycles. The van der Waals surface area contributed by atoms with Gasteiger partial charge in [0, 0.05) is 45.7 Å². The van der Waals surface area contributed by atoms with Gasteiger partial charge in [-0.05, 0) is 210 Å². The highest BCUT2D eigenvalue weighted by Gasteiger charge is 2.45. The molecular formula is C81H98O3S3. The third-order valence-corrected chi connectivity index (χ3v) is 22.7. The van der Waals surface area contributed by atoms with Gasteiger partial charge in [-0.25, -0.2) is 4.79 Å². The molecule has 0 fully saturated rings. The van der Waals surface area contributed by atoms with Gasteiger partial charge in [0.05, 0.1) is 13.2 Å². The third kappa shape index (κ3) is 15.1. The molecule has 458 valence electrons. The van der Waals surface area contributed by atoms with Crippen molar-refractivity contribution in [3.05, 3.63) is 173 Å². The first-order valence-corrected chi connectivity index (χ1v) is 36.5. The van der Waals surface area contributed by atoms with Crippen LogP contribution in [-0.2, 0) is 20.4 Å². The number of thiophene rings is 3. The number of rotatable bonds is 36. The Labute approximate surface area is 536 Å². The first-order chi connectivity index (χ1) is 42.6. The maximum atomic E-state index is 11.6. The Hall–Kier alpha value is -5.79. The molecule has 0 N–H and O–H groups in total. The van der Waals surface area contributed by atoms with Crippen LogP contribution in [0.5, 0.6) is 5.75 Å². The molecule has 0 aliphatic heterocycles. The molecule has 0 atom stereocenters.